The van der Waals surface area contributed by atoms with E-state index in [1.807, 2.05) is 37.2 Å². The molecule has 0 saturated heterocycles. The summed E-state index contributed by atoms with van der Waals surface area (Å²) in [5.41, 5.74) is 1.97. The first-order valence-electron chi connectivity index (χ1n) is 10.8. The van der Waals surface area contributed by atoms with Crippen molar-refractivity contribution < 1.29 is 19.0 Å². The number of rotatable bonds is 6. The lowest BCUT2D eigenvalue weighted by atomic mass is 9.93. The van der Waals surface area contributed by atoms with E-state index >= 15 is 0 Å². The minimum absolute atomic E-state index is 0.00135. The van der Waals surface area contributed by atoms with Crippen molar-refractivity contribution in [1.82, 2.24) is 19.8 Å². The number of nitrogens with one attached hydrogen (secondary N) is 1. The Labute approximate surface area is 186 Å². The topological polar surface area (TPSA) is 81.7 Å². The van der Waals surface area contributed by atoms with Crippen LogP contribution in [0.5, 0.6) is 5.75 Å². The van der Waals surface area contributed by atoms with Crippen LogP contribution in [0.15, 0.2) is 36.4 Å². The molecule has 1 aliphatic rings. The van der Waals surface area contributed by atoms with E-state index in [1.54, 1.807) is 17.9 Å². The van der Waals surface area contributed by atoms with Gasteiger partial charge in [-0.2, -0.15) is 0 Å². The van der Waals surface area contributed by atoms with Gasteiger partial charge in [-0.1, -0.05) is 6.07 Å². The fourth-order valence-electron chi connectivity index (χ4n) is 4.19. The summed E-state index contributed by atoms with van der Waals surface area (Å²) in [4.78, 5) is 24.2. The van der Waals surface area contributed by atoms with Gasteiger partial charge in [-0.05, 0) is 56.9 Å². The fourth-order valence-corrected chi connectivity index (χ4v) is 4.19. The van der Waals surface area contributed by atoms with E-state index in [0.717, 1.165) is 16.9 Å². The fraction of sp³-hybridized carbons (Fsp3) is 0.417. The van der Waals surface area contributed by atoms with Crippen LogP contribution in [0.4, 0.5) is 4.39 Å². The lowest BCUT2D eigenvalue weighted by Gasteiger charge is -2.28. The Morgan fingerprint density at radius 3 is 2.91 bits per heavy atom. The number of ether oxygens (including phenoxy) is 1. The summed E-state index contributed by atoms with van der Waals surface area (Å²) in [5.74, 6) is 1.07. The molecule has 1 amide bonds. The second kappa shape index (κ2) is 8.88. The van der Waals surface area contributed by atoms with Crippen LogP contribution >= 0.6 is 0 Å². The summed E-state index contributed by atoms with van der Waals surface area (Å²) in [7, 11) is 3.83. The highest BCUT2D eigenvalue weighted by Crippen LogP contribution is 2.30. The molecule has 2 heterocycles. The van der Waals surface area contributed by atoms with E-state index < -0.39 is 5.60 Å². The van der Waals surface area contributed by atoms with Gasteiger partial charge < -0.3 is 24.6 Å². The monoisotopic (exact) mass is 440 g/mol. The highest BCUT2D eigenvalue weighted by Gasteiger charge is 2.27. The van der Waals surface area contributed by atoms with Crippen molar-refractivity contribution in [2.75, 3.05) is 33.8 Å². The molecule has 4 rings (SSSR count). The molecule has 0 saturated carbocycles. The Morgan fingerprint density at radius 2 is 2.12 bits per heavy atom. The Morgan fingerprint density at radius 1 is 1.31 bits per heavy atom. The Kier molecular flexibility index (Phi) is 6.17. The Hall–Kier alpha value is -2.97. The molecule has 8 heteroatoms. The van der Waals surface area contributed by atoms with Crippen LogP contribution in [0, 0.1) is 5.82 Å². The smallest absolute Gasteiger partial charge is 0.223 e. The maximum atomic E-state index is 13.4. The molecule has 0 spiro atoms. The van der Waals surface area contributed by atoms with E-state index in [2.05, 4.69) is 9.97 Å². The van der Waals surface area contributed by atoms with E-state index in [4.69, 9.17) is 4.74 Å². The second-order valence-corrected chi connectivity index (χ2v) is 8.84. The molecular weight excluding hydrogens is 411 g/mol. The van der Waals surface area contributed by atoms with Gasteiger partial charge >= 0.3 is 0 Å². The number of carbonyl (C=O) groups excluding carboxylic acids is 1. The van der Waals surface area contributed by atoms with Gasteiger partial charge in [0.2, 0.25) is 5.91 Å². The number of aromatic amines is 1. The summed E-state index contributed by atoms with van der Waals surface area (Å²) >= 11 is 0. The molecule has 0 bridgehead atoms. The van der Waals surface area contributed by atoms with Crippen molar-refractivity contribution in [3.63, 3.8) is 0 Å². The van der Waals surface area contributed by atoms with Crippen molar-refractivity contribution in [2.24, 2.45) is 0 Å². The standard InChI is InChI=1S/C24H29FN4O3/c1-24(31,15-28(2)3)17-4-7-21-16(12-17)14-29(10-11-32-21)23(30)9-8-22-26-19-6-5-18(25)13-20(19)27-22/h4-7,12-13,31H,8-11,14-15H2,1-3H3,(H,26,27). The number of amides is 1. The third-order valence-corrected chi connectivity index (χ3v) is 5.71. The van der Waals surface area contributed by atoms with Crippen molar-refractivity contribution >= 4 is 16.9 Å². The molecule has 170 valence electrons. The molecule has 0 radical (unpaired) electrons. The lowest BCUT2D eigenvalue weighted by molar-refractivity contribution is -0.131. The van der Waals surface area contributed by atoms with Crippen molar-refractivity contribution in [1.29, 1.82) is 0 Å². The number of likely N-dealkylation sites (N-methyl/N-ethyl adjacent to an activating group) is 1. The molecule has 7 nitrogen and oxygen atoms in total. The lowest BCUT2D eigenvalue weighted by Crippen LogP contribution is -2.35. The first kappa shape index (κ1) is 22.2. The van der Waals surface area contributed by atoms with E-state index in [9.17, 15) is 14.3 Å². The molecule has 3 aromatic rings. The van der Waals surface area contributed by atoms with Crippen LogP contribution < -0.4 is 4.74 Å². The van der Waals surface area contributed by atoms with Gasteiger partial charge in [-0.25, -0.2) is 9.37 Å². The van der Waals surface area contributed by atoms with Crippen LogP contribution in [0.1, 0.15) is 30.3 Å². The second-order valence-electron chi connectivity index (χ2n) is 8.84. The quantitative estimate of drug-likeness (QED) is 0.616. The largest absolute Gasteiger partial charge is 0.491 e. The van der Waals surface area contributed by atoms with Gasteiger partial charge in [0.1, 0.15) is 24.0 Å². The maximum absolute atomic E-state index is 13.4. The normalized spacial score (nSPS) is 15.9. The molecule has 0 aliphatic carbocycles. The predicted octanol–water partition coefficient (Wildman–Crippen LogP) is 2.82. The molecule has 1 unspecified atom stereocenters. The third-order valence-electron chi connectivity index (χ3n) is 5.71. The minimum atomic E-state index is -1.01. The van der Waals surface area contributed by atoms with E-state index in [1.165, 1.54) is 12.1 Å². The third kappa shape index (κ3) is 4.92. The number of nitrogens with zero attached hydrogens (tertiary/aromatic N) is 3. The summed E-state index contributed by atoms with van der Waals surface area (Å²) in [5, 5.41) is 10.9. The summed E-state index contributed by atoms with van der Waals surface area (Å²) < 4.78 is 19.2. The Balaban J connectivity index is 1.45. The maximum Gasteiger partial charge on any atom is 0.223 e. The summed E-state index contributed by atoms with van der Waals surface area (Å²) in [6, 6.07) is 10.1. The van der Waals surface area contributed by atoms with Crippen LogP contribution in [0.25, 0.3) is 11.0 Å². The number of aryl methyl sites for hydroxylation is 1. The molecule has 0 fully saturated rings. The van der Waals surface area contributed by atoms with Gasteiger partial charge in [0, 0.05) is 31.5 Å². The first-order valence-corrected chi connectivity index (χ1v) is 10.8. The zero-order valence-electron chi connectivity index (χ0n) is 18.7. The van der Waals surface area contributed by atoms with Crippen molar-refractivity contribution in [2.45, 2.75) is 31.9 Å². The van der Waals surface area contributed by atoms with Gasteiger partial charge in [0.15, 0.2) is 0 Å². The van der Waals surface area contributed by atoms with Gasteiger partial charge in [-0.3, -0.25) is 4.79 Å². The van der Waals surface area contributed by atoms with Gasteiger partial charge in [-0.15, -0.1) is 0 Å². The molecular formula is C24H29FN4O3. The van der Waals surface area contributed by atoms with Crippen molar-refractivity contribution in [3.05, 3.63) is 59.2 Å². The van der Waals surface area contributed by atoms with Gasteiger partial charge in [0.25, 0.3) is 0 Å². The molecule has 32 heavy (non-hydrogen) atoms. The number of halogens is 1. The number of hydrogen-bond donors (Lipinski definition) is 2. The summed E-state index contributed by atoms with van der Waals surface area (Å²) in [6.45, 7) is 3.59. The highest BCUT2D eigenvalue weighted by molar-refractivity contribution is 5.77. The van der Waals surface area contributed by atoms with E-state index in [0.29, 0.717) is 49.5 Å². The molecule has 2 aromatic carbocycles. The average Bonchev–Trinajstić information content (AvgIpc) is 2.99. The number of benzene rings is 2. The number of imidazole rings is 1. The number of H-pyrrole nitrogens is 1. The van der Waals surface area contributed by atoms with Crippen LogP contribution in [-0.2, 0) is 23.4 Å². The van der Waals surface area contributed by atoms with Crippen molar-refractivity contribution in [3.8, 4) is 5.75 Å². The predicted molar refractivity (Wildman–Crippen MR) is 120 cm³/mol. The molecule has 1 atom stereocenters. The zero-order chi connectivity index (χ0) is 22.9. The number of fused-ring (bicyclic) bond motifs is 2. The van der Waals surface area contributed by atoms with Gasteiger partial charge in [0.05, 0.1) is 23.2 Å². The number of aliphatic hydroxyl groups is 1. The Bertz CT molecular complexity index is 1130. The van der Waals surface area contributed by atoms with Crippen LogP contribution in [0.3, 0.4) is 0 Å². The highest BCUT2D eigenvalue weighted by atomic mass is 19.1. The SMILES string of the molecule is CN(C)CC(C)(O)c1ccc2c(c1)CN(C(=O)CCc1nc3ccc(F)cc3[nH]1)CCO2. The minimum Gasteiger partial charge on any atom is -0.491 e. The van der Waals surface area contributed by atoms with Crippen LogP contribution in [0.2, 0.25) is 0 Å². The molecule has 1 aliphatic heterocycles. The zero-order valence-corrected chi connectivity index (χ0v) is 18.7. The summed E-state index contributed by atoms with van der Waals surface area (Å²) in [6.07, 6.45) is 0.729. The number of aromatic nitrogens is 2. The first-order chi connectivity index (χ1) is 15.2. The van der Waals surface area contributed by atoms with E-state index in [-0.39, 0.29) is 18.1 Å². The number of carbonyl (C=O) groups is 1. The molecule has 1 aromatic heterocycles. The van der Waals surface area contributed by atoms with Crippen LogP contribution in [-0.4, -0.2) is 64.6 Å². The molecule has 2 N–H and O–H groups in total. The number of hydrogen-bond acceptors (Lipinski definition) is 5. The average molecular weight is 441 g/mol.